The molecular weight excluding hydrogens is 613 g/mol. The van der Waals surface area contributed by atoms with E-state index in [1.54, 1.807) is 18.2 Å². The molecule has 1 N–H and O–H groups in total. The first-order valence-electron chi connectivity index (χ1n) is 13.5. The Hall–Kier alpha value is -5.44. The van der Waals surface area contributed by atoms with Crippen LogP contribution in [-0.4, -0.2) is 46.3 Å². The van der Waals surface area contributed by atoms with Crippen molar-refractivity contribution in [3.05, 3.63) is 105 Å². The molecule has 0 radical (unpaired) electrons. The summed E-state index contributed by atoms with van der Waals surface area (Å²) >= 11 is 0. The summed E-state index contributed by atoms with van der Waals surface area (Å²) in [7, 11) is -2.90. The van der Waals surface area contributed by atoms with E-state index in [9.17, 15) is 27.6 Å². The van der Waals surface area contributed by atoms with Crippen LogP contribution in [0, 0.1) is 11.0 Å². The summed E-state index contributed by atoms with van der Waals surface area (Å²) in [4.78, 5) is 24.9. The van der Waals surface area contributed by atoms with Crippen LogP contribution in [0.1, 0.15) is 22.3 Å². The van der Waals surface area contributed by atoms with Crippen LogP contribution in [0.2, 0.25) is 0 Å². The molecule has 13 nitrogen and oxygen atoms in total. The van der Waals surface area contributed by atoms with Crippen molar-refractivity contribution in [2.45, 2.75) is 22.8 Å². The average molecular weight is 640 g/mol. The topological polar surface area (TPSA) is 174 Å². The number of hydrogen-bond acceptors (Lipinski definition) is 11. The Bertz CT molecular complexity index is 1980. The Morgan fingerprint density at radius 1 is 1.02 bits per heavy atom. The second-order valence-corrected chi connectivity index (χ2v) is 11.4. The largest absolute Gasteiger partial charge is 0.493 e. The van der Waals surface area contributed by atoms with Crippen LogP contribution >= 0.6 is 0 Å². The molecular formula is C30H26FN3O10S. The van der Waals surface area contributed by atoms with E-state index in [1.807, 2.05) is 0 Å². The highest BCUT2D eigenvalue weighted by atomic mass is 32.2. The maximum atomic E-state index is 13.1. The van der Waals surface area contributed by atoms with Crippen molar-refractivity contribution >= 4 is 26.7 Å². The minimum atomic E-state index is -4.29. The van der Waals surface area contributed by atoms with Gasteiger partial charge in [-0.05, 0) is 59.7 Å². The van der Waals surface area contributed by atoms with Gasteiger partial charge in [0.25, 0.3) is 15.7 Å². The first-order valence-corrected chi connectivity index (χ1v) is 15.0. The average Bonchev–Trinajstić information content (AvgIpc) is 3.42. The van der Waals surface area contributed by atoms with Crippen molar-refractivity contribution in [2.24, 2.45) is 0 Å². The van der Waals surface area contributed by atoms with Crippen LogP contribution in [0.4, 0.5) is 4.39 Å². The maximum absolute atomic E-state index is 13.1. The molecule has 15 heteroatoms. The number of carbonyl (C=O) groups is 1. The number of nitrogens with zero attached hydrogens (tertiary/aromatic N) is 2. The van der Waals surface area contributed by atoms with E-state index < -0.39 is 32.3 Å². The fraction of sp³-hybridized carbons (Fsp3) is 0.200. The normalized spacial score (nSPS) is 11.3. The van der Waals surface area contributed by atoms with Gasteiger partial charge < -0.3 is 29.2 Å². The van der Waals surface area contributed by atoms with Gasteiger partial charge in [0.15, 0.2) is 11.5 Å². The highest BCUT2D eigenvalue weighted by Crippen LogP contribution is 2.32. The zero-order chi connectivity index (χ0) is 32.0. The van der Waals surface area contributed by atoms with Gasteiger partial charge in [0.05, 0.1) is 17.2 Å². The van der Waals surface area contributed by atoms with Gasteiger partial charge in [-0.15, -0.1) is 0 Å². The molecule has 0 saturated carbocycles. The van der Waals surface area contributed by atoms with Crippen molar-refractivity contribution in [2.75, 3.05) is 26.9 Å². The van der Waals surface area contributed by atoms with Crippen molar-refractivity contribution in [3.8, 4) is 17.4 Å². The van der Waals surface area contributed by atoms with E-state index in [0.29, 0.717) is 18.2 Å². The highest BCUT2D eigenvalue weighted by molar-refractivity contribution is 7.91. The van der Waals surface area contributed by atoms with Crippen molar-refractivity contribution in [1.29, 1.82) is 0 Å². The molecule has 0 spiro atoms. The predicted octanol–water partition coefficient (Wildman–Crippen LogP) is 3.22. The van der Waals surface area contributed by atoms with Gasteiger partial charge in [0, 0.05) is 18.0 Å². The molecule has 2 aromatic heterocycles. The van der Waals surface area contributed by atoms with Crippen LogP contribution < -0.4 is 30.1 Å². The van der Waals surface area contributed by atoms with Crippen molar-refractivity contribution in [1.82, 2.24) is 10.5 Å². The Balaban J connectivity index is 1.22. The number of methoxy groups -OCH3 is 1. The molecule has 5 rings (SSSR count). The lowest BCUT2D eigenvalue weighted by Crippen LogP contribution is -2.31. The fourth-order valence-corrected chi connectivity index (χ4v) is 5.62. The van der Waals surface area contributed by atoms with Gasteiger partial charge in [-0.3, -0.25) is 9.42 Å². The standard InChI is InChI=1S/C30H26FN3O10S/c1-40-25-17-20-16-23(27(35)32-13-5-6-19-9-11-21(31)12-10-19)30(36)43-24(20)18-26(25)41-14-15-42-28-29(34(37)44-33-28)45(38,39)22-7-3-2-4-8-22/h2-4,7-12,16-18H,5-6,13-15H2,1H3,(H,32,35). The Kier molecular flexibility index (Phi) is 9.28. The number of halogens is 1. The number of nitrogens with one attached hydrogen (secondary N) is 1. The van der Waals surface area contributed by atoms with E-state index in [0.717, 1.165) is 5.56 Å². The number of amides is 1. The van der Waals surface area contributed by atoms with Crippen molar-refractivity contribution in [3.63, 3.8) is 0 Å². The zero-order valence-electron chi connectivity index (χ0n) is 23.7. The maximum Gasteiger partial charge on any atom is 0.415 e. The molecule has 0 aliphatic carbocycles. The summed E-state index contributed by atoms with van der Waals surface area (Å²) in [6.45, 7) is -0.134. The molecule has 0 atom stereocenters. The lowest BCUT2D eigenvalue weighted by Gasteiger charge is -2.12. The number of benzene rings is 3. The van der Waals surface area contributed by atoms with Gasteiger partial charge in [-0.1, -0.05) is 30.3 Å². The molecule has 0 fully saturated rings. The van der Waals surface area contributed by atoms with Gasteiger partial charge >= 0.3 is 16.5 Å². The Labute approximate surface area is 255 Å². The van der Waals surface area contributed by atoms with Crippen LogP contribution in [0.5, 0.6) is 17.4 Å². The van der Waals surface area contributed by atoms with Crippen LogP contribution in [0.25, 0.3) is 11.0 Å². The monoisotopic (exact) mass is 639 g/mol. The molecule has 0 unspecified atom stereocenters. The number of hydrogen-bond donors (Lipinski definition) is 1. The predicted molar refractivity (Wildman–Crippen MR) is 154 cm³/mol. The third kappa shape index (κ3) is 7.04. The van der Waals surface area contributed by atoms with Gasteiger partial charge in [-0.2, -0.15) is 0 Å². The lowest BCUT2D eigenvalue weighted by atomic mass is 10.1. The lowest BCUT2D eigenvalue weighted by molar-refractivity contribution is -0.832. The smallest absolute Gasteiger partial charge is 0.415 e. The van der Waals surface area contributed by atoms with Crippen LogP contribution in [0.15, 0.2) is 96.6 Å². The van der Waals surface area contributed by atoms with Gasteiger partial charge in [0.1, 0.15) is 30.2 Å². The van der Waals surface area contributed by atoms with Gasteiger partial charge in [0.2, 0.25) is 0 Å². The van der Waals surface area contributed by atoms with Crippen LogP contribution in [-0.2, 0) is 16.3 Å². The van der Waals surface area contributed by atoms with E-state index in [1.165, 1.54) is 61.7 Å². The Morgan fingerprint density at radius 2 is 1.76 bits per heavy atom. The second-order valence-electron chi connectivity index (χ2n) is 9.53. The number of aromatic nitrogens is 2. The molecule has 0 aliphatic rings. The number of rotatable bonds is 13. The first kappa shape index (κ1) is 31.0. The van der Waals surface area contributed by atoms with E-state index in [-0.39, 0.29) is 58.0 Å². The summed E-state index contributed by atoms with van der Waals surface area (Å²) in [6, 6.07) is 17.6. The molecule has 234 valence electrons. The van der Waals surface area contributed by atoms with E-state index >= 15 is 0 Å². The third-order valence-corrected chi connectivity index (χ3v) is 8.26. The quantitative estimate of drug-likeness (QED) is 0.114. The minimum Gasteiger partial charge on any atom is -0.493 e. The SMILES string of the molecule is COc1cc2cc(C(=O)NCCCc3ccc(F)cc3)c(=O)oc2cc1OCCOc1no[n+]([O-])c1S(=O)(=O)c1ccccc1. The first-order chi connectivity index (χ1) is 21.7. The molecule has 3 aromatic carbocycles. The summed E-state index contributed by atoms with van der Waals surface area (Å²) in [6.07, 6.45) is 1.19. The number of aryl methyl sites for hydroxylation is 1. The van der Waals surface area contributed by atoms with Crippen LogP contribution in [0.3, 0.4) is 0 Å². The fourth-order valence-electron chi connectivity index (χ4n) is 4.33. The molecule has 2 heterocycles. The summed E-state index contributed by atoms with van der Waals surface area (Å²) in [5, 5.41) is 17.7. The number of fused-ring (bicyclic) bond motifs is 1. The molecule has 0 aliphatic heterocycles. The van der Waals surface area contributed by atoms with Gasteiger partial charge in [-0.25, -0.2) is 17.6 Å². The number of carbonyl (C=O) groups excluding carboxylic acids is 1. The number of ether oxygens (including phenoxy) is 3. The highest BCUT2D eigenvalue weighted by Gasteiger charge is 2.35. The summed E-state index contributed by atoms with van der Waals surface area (Å²) in [5.74, 6) is -1.08. The molecule has 1 amide bonds. The third-order valence-electron chi connectivity index (χ3n) is 6.54. The minimum absolute atomic E-state index is 0.115. The molecule has 0 saturated heterocycles. The Morgan fingerprint density at radius 3 is 2.49 bits per heavy atom. The van der Waals surface area contributed by atoms with E-state index in [2.05, 4.69) is 15.1 Å². The summed E-state index contributed by atoms with van der Waals surface area (Å²) in [5.41, 5.74) is -0.0215. The summed E-state index contributed by atoms with van der Waals surface area (Å²) < 4.78 is 65.1. The number of sulfone groups is 1. The second kappa shape index (κ2) is 13.5. The zero-order valence-corrected chi connectivity index (χ0v) is 24.5. The molecule has 45 heavy (non-hydrogen) atoms. The van der Waals surface area contributed by atoms with Crippen molar-refractivity contribution < 1.29 is 45.8 Å². The van der Waals surface area contributed by atoms with E-state index in [4.69, 9.17) is 18.6 Å². The molecule has 0 bridgehead atoms. The molecule has 5 aromatic rings.